The van der Waals surface area contributed by atoms with Crippen LogP contribution in [-0.4, -0.2) is 23.2 Å². The second kappa shape index (κ2) is 6.54. The molecule has 4 nitrogen and oxygen atoms in total. The summed E-state index contributed by atoms with van der Waals surface area (Å²) in [7, 11) is 1.60. The standard InChI is InChI=1S/C20H17NO3/c1-13-7-8-18(21-12-13)15-9-14(10-16(11-15)20(22)23)17-5-3-4-6-19(17)24-2/h3-12H,1-2H3,(H,22,23). The van der Waals surface area contributed by atoms with Gasteiger partial charge in [-0.2, -0.15) is 0 Å². The van der Waals surface area contributed by atoms with Crippen LogP contribution in [0, 0.1) is 6.92 Å². The zero-order valence-electron chi connectivity index (χ0n) is 13.5. The number of benzene rings is 2. The summed E-state index contributed by atoms with van der Waals surface area (Å²) in [5, 5.41) is 9.45. The lowest BCUT2D eigenvalue weighted by molar-refractivity contribution is 0.0697. The second-order valence-electron chi connectivity index (χ2n) is 5.53. The fourth-order valence-corrected chi connectivity index (χ4v) is 2.58. The number of hydrogen-bond acceptors (Lipinski definition) is 3. The molecule has 2 aromatic carbocycles. The molecule has 0 spiro atoms. The summed E-state index contributed by atoms with van der Waals surface area (Å²) in [5.74, 6) is -0.275. The molecule has 1 N–H and O–H groups in total. The van der Waals surface area contributed by atoms with E-state index in [1.54, 1.807) is 25.4 Å². The van der Waals surface area contributed by atoms with Crippen molar-refractivity contribution in [3.05, 3.63) is 71.9 Å². The molecule has 1 aromatic heterocycles. The molecule has 0 saturated carbocycles. The molecule has 0 aliphatic rings. The number of para-hydroxylation sites is 1. The van der Waals surface area contributed by atoms with Crippen molar-refractivity contribution >= 4 is 5.97 Å². The van der Waals surface area contributed by atoms with E-state index < -0.39 is 5.97 Å². The van der Waals surface area contributed by atoms with Gasteiger partial charge < -0.3 is 9.84 Å². The van der Waals surface area contributed by atoms with Gasteiger partial charge in [-0.3, -0.25) is 4.98 Å². The van der Waals surface area contributed by atoms with Crippen molar-refractivity contribution in [3.8, 4) is 28.1 Å². The normalized spacial score (nSPS) is 10.4. The fourth-order valence-electron chi connectivity index (χ4n) is 2.58. The molecular formula is C20H17NO3. The predicted molar refractivity (Wildman–Crippen MR) is 93.4 cm³/mol. The summed E-state index contributed by atoms with van der Waals surface area (Å²) in [6.07, 6.45) is 1.77. The summed E-state index contributed by atoms with van der Waals surface area (Å²) >= 11 is 0. The van der Waals surface area contributed by atoms with Crippen LogP contribution in [0.3, 0.4) is 0 Å². The van der Waals surface area contributed by atoms with E-state index in [2.05, 4.69) is 4.98 Å². The average Bonchev–Trinajstić information content (AvgIpc) is 2.61. The number of aromatic nitrogens is 1. The zero-order chi connectivity index (χ0) is 17.1. The van der Waals surface area contributed by atoms with E-state index in [1.807, 2.05) is 49.4 Å². The van der Waals surface area contributed by atoms with E-state index in [9.17, 15) is 9.90 Å². The van der Waals surface area contributed by atoms with Gasteiger partial charge in [0, 0.05) is 17.3 Å². The van der Waals surface area contributed by atoms with Crippen molar-refractivity contribution in [2.24, 2.45) is 0 Å². The smallest absolute Gasteiger partial charge is 0.335 e. The highest BCUT2D eigenvalue weighted by atomic mass is 16.5. The van der Waals surface area contributed by atoms with Crippen molar-refractivity contribution in [3.63, 3.8) is 0 Å². The van der Waals surface area contributed by atoms with Crippen molar-refractivity contribution < 1.29 is 14.6 Å². The van der Waals surface area contributed by atoms with Gasteiger partial charge in [0.25, 0.3) is 0 Å². The van der Waals surface area contributed by atoms with Gasteiger partial charge in [0.1, 0.15) is 5.75 Å². The molecule has 1 heterocycles. The number of methoxy groups -OCH3 is 1. The molecule has 24 heavy (non-hydrogen) atoms. The molecule has 0 aliphatic carbocycles. The second-order valence-corrected chi connectivity index (χ2v) is 5.53. The van der Waals surface area contributed by atoms with Crippen LogP contribution in [0.1, 0.15) is 15.9 Å². The minimum Gasteiger partial charge on any atom is -0.496 e. The molecule has 0 saturated heterocycles. The first-order valence-corrected chi connectivity index (χ1v) is 7.53. The Balaban J connectivity index is 2.20. The molecule has 3 rings (SSSR count). The van der Waals surface area contributed by atoms with Gasteiger partial charge in [-0.05, 0) is 48.4 Å². The zero-order valence-corrected chi connectivity index (χ0v) is 13.5. The minimum absolute atomic E-state index is 0.218. The Morgan fingerprint density at radius 1 is 1.04 bits per heavy atom. The Morgan fingerprint density at radius 2 is 1.79 bits per heavy atom. The van der Waals surface area contributed by atoms with Crippen molar-refractivity contribution in [1.82, 2.24) is 4.98 Å². The third-order valence-electron chi connectivity index (χ3n) is 3.81. The molecule has 0 unspecified atom stereocenters. The monoisotopic (exact) mass is 319 g/mol. The van der Waals surface area contributed by atoms with Crippen LogP contribution in [0.25, 0.3) is 22.4 Å². The highest BCUT2D eigenvalue weighted by Gasteiger charge is 2.13. The van der Waals surface area contributed by atoms with Gasteiger partial charge in [0.2, 0.25) is 0 Å². The summed E-state index contributed by atoms with van der Waals surface area (Å²) < 4.78 is 5.40. The predicted octanol–water partition coefficient (Wildman–Crippen LogP) is 4.43. The summed E-state index contributed by atoms with van der Waals surface area (Å²) in [5.41, 5.74) is 4.39. The molecule has 0 aliphatic heterocycles. The van der Waals surface area contributed by atoms with Crippen molar-refractivity contribution in [2.75, 3.05) is 7.11 Å². The first kappa shape index (κ1) is 15.7. The van der Waals surface area contributed by atoms with Crippen LogP contribution in [0.15, 0.2) is 60.8 Å². The Hall–Kier alpha value is -3.14. The van der Waals surface area contributed by atoms with E-state index in [0.29, 0.717) is 5.75 Å². The molecule has 4 heteroatoms. The summed E-state index contributed by atoms with van der Waals surface area (Å²) in [6, 6.07) is 16.6. The largest absolute Gasteiger partial charge is 0.496 e. The Bertz CT molecular complexity index is 886. The SMILES string of the molecule is COc1ccccc1-c1cc(C(=O)O)cc(-c2ccc(C)cn2)c1. The van der Waals surface area contributed by atoms with Gasteiger partial charge in [0.15, 0.2) is 0 Å². The lowest BCUT2D eigenvalue weighted by Crippen LogP contribution is -1.98. The molecule has 3 aromatic rings. The summed E-state index contributed by atoms with van der Waals surface area (Å²) in [4.78, 5) is 15.9. The van der Waals surface area contributed by atoms with E-state index in [1.165, 1.54) is 0 Å². The van der Waals surface area contributed by atoms with Crippen LogP contribution in [0.4, 0.5) is 0 Å². The van der Waals surface area contributed by atoms with Crippen LogP contribution < -0.4 is 4.74 Å². The maximum Gasteiger partial charge on any atom is 0.335 e. The number of pyridine rings is 1. The van der Waals surface area contributed by atoms with E-state index in [0.717, 1.165) is 27.9 Å². The molecule has 0 radical (unpaired) electrons. The fraction of sp³-hybridized carbons (Fsp3) is 0.100. The number of carboxylic acids is 1. The number of carbonyl (C=O) groups is 1. The molecule has 0 bridgehead atoms. The molecule has 120 valence electrons. The highest BCUT2D eigenvalue weighted by Crippen LogP contribution is 2.33. The number of aryl methyl sites for hydroxylation is 1. The van der Waals surface area contributed by atoms with Gasteiger partial charge in [-0.15, -0.1) is 0 Å². The molecule has 0 atom stereocenters. The van der Waals surface area contributed by atoms with E-state index in [4.69, 9.17) is 4.74 Å². The topological polar surface area (TPSA) is 59.4 Å². The van der Waals surface area contributed by atoms with Gasteiger partial charge in [0.05, 0.1) is 18.4 Å². The number of ether oxygens (including phenoxy) is 1. The van der Waals surface area contributed by atoms with Gasteiger partial charge in [-0.25, -0.2) is 4.79 Å². The Morgan fingerprint density at radius 3 is 2.46 bits per heavy atom. The molecule has 0 fully saturated rings. The average molecular weight is 319 g/mol. The molecular weight excluding hydrogens is 302 g/mol. The highest BCUT2D eigenvalue weighted by molar-refractivity contribution is 5.92. The maximum absolute atomic E-state index is 11.5. The minimum atomic E-state index is -0.972. The maximum atomic E-state index is 11.5. The quantitative estimate of drug-likeness (QED) is 0.773. The first-order valence-electron chi connectivity index (χ1n) is 7.53. The van der Waals surface area contributed by atoms with E-state index in [-0.39, 0.29) is 5.56 Å². The van der Waals surface area contributed by atoms with E-state index >= 15 is 0 Å². The van der Waals surface area contributed by atoms with Crippen LogP contribution in [-0.2, 0) is 0 Å². The van der Waals surface area contributed by atoms with Crippen molar-refractivity contribution in [1.29, 1.82) is 0 Å². The van der Waals surface area contributed by atoms with Crippen LogP contribution in [0.2, 0.25) is 0 Å². The number of rotatable bonds is 4. The third-order valence-corrected chi connectivity index (χ3v) is 3.81. The Labute approximate surface area is 140 Å². The number of carboxylic acid groups (broad SMARTS) is 1. The van der Waals surface area contributed by atoms with Crippen LogP contribution >= 0.6 is 0 Å². The summed E-state index contributed by atoms with van der Waals surface area (Å²) in [6.45, 7) is 1.96. The lowest BCUT2D eigenvalue weighted by Gasteiger charge is -2.11. The molecule has 0 amide bonds. The van der Waals surface area contributed by atoms with Crippen molar-refractivity contribution in [2.45, 2.75) is 6.92 Å². The number of aromatic carboxylic acids is 1. The van der Waals surface area contributed by atoms with Gasteiger partial charge >= 0.3 is 5.97 Å². The number of nitrogens with zero attached hydrogens (tertiary/aromatic N) is 1. The third kappa shape index (κ3) is 3.13. The lowest BCUT2D eigenvalue weighted by atomic mass is 9.97. The Kier molecular flexibility index (Phi) is 4.29. The first-order chi connectivity index (χ1) is 11.6. The van der Waals surface area contributed by atoms with Crippen LogP contribution in [0.5, 0.6) is 5.75 Å². The number of hydrogen-bond donors (Lipinski definition) is 1. The van der Waals surface area contributed by atoms with Gasteiger partial charge in [-0.1, -0.05) is 24.3 Å².